The van der Waals surface area contributed by atoms with E-state index in [1.54, 1.807) is 12.0 Å². The molecule has 8 heteroatoms. The number of benzene rings is 3. The fourth-order valence-electron chi connectivity index (χ4n) is 4.12. The van der Waals surface area contributed by atoms with E-state index in [0.29, 0.717) is 44.4 Å². The minimum Gasteiger partial charge on any atom is -0.497 e. The molecule has 1 saturated heterocycles. The molecule has 4 rings (SSSR count). The molecular formula is C27H27ClF2N2O3. The van der Waals surface area contributed by atoms with Gasteiger partial charge in [-0.3, -0.25) is 9.69 Å². The molecule has 1 aliphatic rings. The summed E-state index contributed by atoms with van der Waals surface area (Å²) in [6.45, 7) is 2.99. The standard InChI is InChI=1S/C27H27ClF2N2O3/c1-34-23-7-3-5-20(15-23)26(35-18-19-4-2-6-21(28)14-19)17-31-10-12-32(13-11-31)27(33)24-16-22(29)8-9-25(24)30/h2-9,14-16,26H,10-13,17-18H2,1H3/t26-/m1/s1. The van der Waals surface area contributed by atoms with E-state index in [4.69, 9.17) is 21.1 Å². The van der Waals surface area contributed by atoms with Crippen LogP contribution >= 0.6 is 11.6 Å². The maximum Gasteiger partial charge on any atom is 0.257 e. The lowest BCUT2D eigenvalue weighted by atomic mass is 10.1. The summed E-state index contributed by atoms with van der Waals surface area (Å²) < 4.78 is 39.3. The van der Waals surface area contributed by atoms with Crippen LogP contribution < -0.4 is 4.74 Å². The van der Waals surface area contributed by atoms with Crippen molar-refractivity contribution in [3.05, 3.63) is 100 Å². The first kappa shape index (κ1) is 25.1. The van der Waals surface area contributed by atoms with Gasteiger partial charge < -0.3 is 14.4 Å². The van der Waals surface area contributed by atoms with Crippen LogP contribution in [0.25, 0.3) is 0 Å². The summed E-state index contributed by atoms with van der Waals surface area (Å²) in [4.78, 5) is 16.5. The molecule has 1 aliphatic heterocycles. The van der Waals surface area contributed by atoms with E-state index < -0.39 is 17.5 Å². The van der Waals surface area contributed by atoms with Crippen molar-refractivity contribution < 1.29 is 23.0 Å². The third-order valence-corrected chi connectivity index (χ3v) is 6.28. The molecule has 1 heterocycles. The summed E-state index contributed by atoms with van der Waals surface area (Å²) in [7, 11) is 1.62. The fourth-order valence-corrected chi connectivity index (χ4v) is 4.33. The number of carbonyl (C=O) groups is 1. The van der Waals surface area contributed by atoms with Gasteiger partial charge in [0.25, 0.3) is 5.91 Å². The quantitative estimate of drug-likeness (QED) is 0.418. The van der Waals surface area contributed by atoms with Crippen molar-refractivity contribution >= 4 is 17.5 Å². The number of piperazine rings is 1. The smallest absolute Gasteiger partial charge is 0.257 e. The van der Waals surface area contributed by atoms with Crippen molar-refractivity contribution in [2.75, 3.05) is 39.8 Å². The molecule has 0 bridgehead atoms. The molecule has 5 nitrogen and oxygen atoms in total. The molecule has 35 heavy (non-hydrogen) atoms. The van der Waals surface area contributed by atoms with Gasteiger partial charge in [-0.25, -0.2) is 8.78 Å². The van der Waals surface area contributed by atoms with E-state index in [9.17, 15) is 13.6 Å². The summed E-state index contributed by atoms with van der Waals surface area (Å²) >= 11 is 6.12. The van der Waals surface area contributed by atoms with Gasteiger partial charge in [-0.05, 0) is 53.6 Å². The Morgan fingerprint density at radius 1 is 1.00 bits per heavy atom. The molecule has 1 amide bonds. The number of amides is 1. The molecule has 0 aliphatic carbocycles. The number of ether oxygens (including phenoxy) is 2. The van der Waals surface area contributed by atoms with Crippen molar-refractivity contribution in [1.82, 2.24) is 9.80 Å². The number of rotatable bonds is 8. The second-order valence-electron chi connectivity index (χ2n) is 8.42. The Morgan fingerprint density at radius 3 is 2.51 bits per heavy atom. The Balaban J connectivity index is 1.42. The first-order valence-corrected chi connectivity index (χ1v) is 11.8. The number of hydrogen-bond donors (Lipinski definition) is 0. The molecule has 0 saturated carbocycles. The minimum absolute atomic E-state index is 0.238. The summed E-state index contributed by atoms with van der Waals surface area (Å²) in [5, 5.41) is 0.652. The number of halogens is 3. The van der Waals surface area contributed by atoms with Gasteiger partial charge in [0.1, 0.15) is 17.4 Å². The van der Waals surface area contributed by atoms with Gasteiger partial charge >= 0.3 is 0 Å². The first-order valence-electron chi connectivity index (χ1n) is 11.4. The lowest BCUT2D eigenvalue weighted by Gasteiger charge is -2.36. The summed E-state index contributed by atoms with van der Waals surface area (Å²) in [6.07, 6.45) is -0.244. The van der Waals surface area contributed by atoms with Gasteiger partial charge in [-0.2, -0.15) is 0 Å². The third kappa shape index (κ3) is 6.57. The maximum absolute atomic E-state index is 14.1. The van der Waals surface area contributed by atoms with Crippen molar-refractivity contribution in [1.29, 1.82) is 0 Å². The van der Waals surface area contributed by atoms with Crippen molar-refractivity contribution in [2.45, 2.75) is 12.7 Å². The van der Waals surface area contributed by atoms with Crippen LogP contribution in [0.4, 0.5) is 8.78 Å². The van der Waals surface area contributed by atoms with Crippen LogP contribution in [0.15, 0.2) is 66.7 Å². The molecule has 0 aromatic heterocycles. The van der Waals surface area contributed by atoms with E-state index in [0.717, 1.165) is 35.1 Å². The molecule has 0 unspecified atom stereocenters. The van der Waals surface area contributed by atoms with Crippen LogP contribution in [0.5, 0.6) is 5.75 Å². The van der Waals surface area contributed by atoms with Crippen molar-refractivity contribution in [3.8, 4) is 5.75 Å². The maximum atomic E-state index is 14.1. The Hall–Kier alpha value is -3.00. The molecule has 0 N–H and O–H groups in total. The molecule has 1 atom stereocenters. The van der Waals surface area contributed by atoms with E-state index in [2.05, 4.69) is 4.90 Å². The third-order valence-electron chi connectivity index (χ3n) is 6.05. The van der Waals surface area contributed by atoms with Gasteiger partial charge in [0.15, 0.2) is 0 Å². The average Bonchev–Trinajstić information content (AvgIpc) is 2.88. The highest BCUT2D eigenvalue weighted by molar-refractivity contribution is 6.30. The second kappa shape index (κ2) is 11.6. The SMILES string of the molecule is COc1cccc([C@@H](CN2CCN(C(=O)c3cc(F)ccc3F)CC2)OCc2cccc(Cl)c2)c1. The van der Waals surface area contributed by atoms with Crippen LogP contribution in [0.3, 0.4) is 0 Å². The number of methoxy groups -OCH3 is 1. The molecular weight excluding hydrogens is 474 g/mol. The Morgan fingerprint density at radius 2 is 1.77 bits per heavy atom. The normalized spacial score (nSPS) is 15.1. The summed E-state index contributed by atoms with van der Waals surface area (Å²) in [5.41, 5.74) is 1.71. The monoisotopic (exact) mass is 500 g/mol. The molecule has 1 fully saturated rings. The van der Waals surface area contributed by atoms with Crippen molar-refractivity contribution in [2.24, 2.45) is 0 Å². The van der Waals surface area contributed by atoms with Crippen molar-refractivity contribution in [3.63, 3.8) is 0 Å². The van der Waals surface area contributed by atoms with Crippen LogP contribution in [-0.2, 0) is 11.3 Å². The topological polar surface area (TPSA) is 42.0 Å². The molecule has 3 aromatic rings. The molecule has 0 spiro atoms. The zero-order valence-electron chi connectivity index (χ0n) is 19.4. The van der Waals surface area contributed by atoms with Crippen LogP contribution in [0.1, 0.15) is 27.6 Å². The highest BCUT2D eigenvalue weighted by Crippen LogP contribution is 2.26. The summed E-state index contributed by atoms with van der Waals surface area (Å²) in [5.74, 6) is -1.10. The van der Waals surface area contributed by atoms with E-state index >= 15 is 0 Å². The summed E-state index contributed by atoms with van der Waals surface area (Å²) in [6, 6.07) is 18.2. The van der Waals surface area contributed by atoms with Gasteiger partial charge in [0, 0.05) is 37.7 Å². The Kier molecular flexibility index (Phi) is 8.33. The second-order valence-corrected chi connectivity index (χ2v) is 8.86. The first-order chi connectivity index (χ1) is 16.9. The van der Waals surface area contributed by atoms with Gasteiger partial charge in [0.2, 0.25) is 0 Å². The fraction of sp³-hybridized carbons (Fsp3) is 0.296. The zero-order chi connectivity index (χ0) is 24.8. The lowest BCUT2D eigenvalue weighted by molar-refractivity contribution is 0.00329. The molecule has 3 aromatic carbocycles. The highest BCUT2D eigenvalue weighted by atomic mass is 35.5. The van der Waals surface area contributed by atoms with Gasteiger partial charge in [-0.15, -0.1) is 0 Å². The number of nitrogens with zero attached hydrogens (tertiary/aromatic N) is 2. The van der Waals surface area contributed by atoms with Crippen LogP contribution in [0, 0.1) is 11.6 Å². The van der Waals surface area contributed by atoms with E-state index in [1.165, 1.54) is 0 Å². The zero-order valence-corrected chi connectivity index (χ0v) is 20.2. The van der Waals surface area contributed by atoms with Gasteiger partial charge in [0.05, 0.1) is 25.4 Å². The highest BCUT2D eigenvalue weighted by Gasteiger charge is 2.26. The number of hydrogen-bond acceptors (Lipinski definition) is 4. The molecule has 0 radical (unpaired) electrons. The van der Waals surface area contributed by atoms with Gasteiger partial charge in [-0.1, -0.05) is 35.9 Å². The minimum atomic E-state index is -0.716. The van der Waals surface area contributed by atoms with Crippen LogP contribution in [0.2, 0.25) is 5.02 Å². The predicted octanol–water partition coefficient (Wildman–Crippen LogP) is 5.34. The largest absolute Gasteiger partial charge is 0.497 e. The Bertz CT molecular complexity index is 1170. The Labute approximate surface area is 208 Å². The number of carbonyl (C=O) groups excluding carboxylic acids is 1. The van der Waals surface area contributed by atoms with Crippen LogP contribution in [-0.4, -0.2) is 55.5 Å². The van der Waals surface area contributed by atoms with E-state index in [-0.39, 0.29) is 11.7 Å². The lowest BCUT2D eigenvalue weighted by Crippen LogP contribution is -2.49. The molecule has 184 valence electrons. The van der Waals surface area contributed by atoms with E-state index in [1.807, 2.05) is 48.5 Å². The predicted molar refractivity (Wildman–Crippen MR) is 131 cm³/mol. The average molecular weight is 501 g/mol.